The van der Waals surface area contributed by atoms with E-state index in [2.05, 4.69) is 14.6 Å². The number of para-hydroxylation sites is 1. The van der Waals surface area contributed by atoms with Gasteiger partial charge in [0.05, 0.1) is 11.4 Å². The van der Waals surface area contributed by atoms with E-state index >= 15 is 0 Å². The molecule has 30 heavy (non-hydrogen) atoms. The Bertz CT molecular complexity index is 1190. The van der Waals surface area contributed by atoms with Crippen molar-refractivity contribution < 1.29 is 17.9 Å². The van der Waals surface area contributed by atoms with Crippen molar-refractivity contribution in [1.29, 1.82) is 0 Å². The highest BCUT2D eigenvalue weighted by atomic mass is 35.5. The number of piperidine rings is 1. The van der Waals surface area contributed by atoms with E-state index in [1.165, 1.54) is 4.31 Å². The molecule has 2 aromatic heterocycles. The van der Waals surface area contributed by atoms with Crippen LogP contribution in [0.25, 0.3) is 10.9 Å². The molecule has 1 saturated heterocycles. The molecule has 3 heterocycles. The molecule has 0 amide bonds. The molecule has 3 aromatic rings. The standard InChI is InChI=1S/C19H19ClN4O4S2/c1-12-9-14-3-2-4-16(17(14)21-10-12)30(26,27)24-7-5-13(6-8-24)19(25)28-11-15-18(20)29-23-22-15/h2-4,9-10,13H,5-8,11H2,1H3. The summed E-state index contributed by atoms with van der Waals surface area (Å²) in [5.74, 6) is -0.742. The third-order valence-electron chi connectivity index (χ3n) is 5.08. The highest BCUT2D eigenvalue weighted by molar-refractivity contribution is 7.89. The smallest absolute Gasteiger partial charge is 0.309 e. The van der Waals surface area contributed by atoms with Crippen molar-refractivity contribution in [3.05, 3.63) is 46.1 Å². The van der Waals surface area contributed by atoms with Gasteiger partial charge in [-0.05, 0) is 37.5 Å². The Kier molecular flexibility index (Phi) is 6.01. The topological polar surface area (TPSA) is 102 Å². The van der Waals surface area contributed by atoms with Gasteiger partial charge in [0.1, 0.15) is 21.5 Å². The number of ether oxygens (including phenoxy) is 1. The monoisotopic (exact) mass is 466 g/mol. The van der Waals surface area contributed by atoms with Crippen LogP contribution in [0.3, 0.4) is 0 Å². The van der Waals surface area contributed by atoms with Crippen molar-refractivity contribution >= 4 is 50.0 Å². The van der Waals surface area contributed by atoms with E-state index in [1.807, 2.05) is 19.1 Å². The van der Waals surface area contributed by atoms with Gasteiger partial charge in [-0.2, -0.15) is 4.31 Å². The zero-order valence-electron chi connectivity index (χ0n) is 16.1. The van der Waals surface area contributed by atoms with Crippen molar-refractivity contribution in [2.45, 2.75) is 31.3 Å². The summed E-state index contributed by atoms with van der Waals surface area (Å²) >= 11 is 6.94. The van der Waals surface area contributed by atoms with Crippen LogP contribution in [0.1, 0.15) is 24.1 Å². The molecule has 0 radical (unpaired) electrons. The number of pyridine rings is 1. The van der Waals surface area contributed by atoms with Crippen LogP contribution < -0.4 is 0 Å². The van der Waals surface area contributed by atoms with E-state index in [1.54, 1.807) is 18.3 Å². The molecule has 0 spiro atoms. The fourth-order valence-corrected chi connectivity index (χ4v) is 5.70. The summed E-state index contributed by atoms with van der Waals surface area (Å²) in [6.07, 6.45) is 2.44. The Labute approximate surface area is 183 Å². The van der Waals surface area contributed by atoms with E-state index in [0.717, 1.165) is 22.5 Å². The second kappa shape index (κ2) is 8.54. The number of aryl methyl sites for hydroxylation is 1. The first-order valence-corrected chi connectivity index (χ1v) is 11.9. The van der Waals surface area contributed by atoms with Crippen LogP contribution in [0.15, 0.2) is 35.4 Å². The Morgan fingerprint density at radius 1 is 1.33 bits per heavy atom. The zero-order valence-corrected chi connectivity index (χ0v) is 18.5. The van der Waals surface area contributed by atoms with Gasteiger partial charge in [0.2, 0.25) is 10.0 Å². The number of carbonyl (C=O) groups is 1. The van der Waals surface area contributed by atoms with Crippen molar-refractivity contribution in [2.24, 2.45) is 5.92 Å². The molecule has 0 aliphatic carbocycles. The molecule has 1 aromatic carbocycles. The summed E-state index contributed by atoms with van der Waals surface area (Å²) in [7, 11) is -3.72. The second-order valence-electron chi connectivity index (χ2n) is 7.12. The van der Waals surface area contributed by atoms with Crippen LogP contribution in [0.5, 0.6) is 0 Å². The number of hydrogen-bond acceptors (Lipinski definition) is 8. The molecule has 1 fully saturated rings. The van der Waals surface area contributed by atoms with Gasteiger partial charge in [0.15, 0.2) is 0 Å². The average molecular weight is 467 g/mol. The van der Waals surface area contributed by atoms with Crippen molar-refractivity contribution in [3.8, 4) is 0 Å². The third kappa shape index (κ3) is 4.18. The summed E-state index contributed by atoms with van der Waals surface area (Å²) in [6, 6.07) is 7.05. The number of aromatic nitrogens is 3. The van der Waals surface area contributed by atoms with Gasteiger partial charge >= 0.3 is 5.97 Å². The number of carbonyl (C=O) groups excluding carboxylic acids is 1. The SMILES string of the molecule is Cc1cnc2c(S(=O)(=O)N3CCC(C(=O)OCc4nnsc4Cl)CC3)cccc2c1. The molecule has 0 saturated carbocycles. The molecular formula is C19H19ClN4O4S2. The highest BCUT2D eigenvalue weighted by Gasteiger charge is 2.34. The minimum absolute atomic E-state index is 0.0340. The molecule has 4 rings (SSSR count). The van der Waals surface area contributed by atoms with Gasteiger partial charge in [0, 0.05) is 36.2 Å². The highest BCUT2D eigenvalue weighted by Crippen LogP contribution is 2.29. The molecule has 11 heteroatoms. The molecule has 158 valence electrons. The number of hydrogen-bond donors (Lipinski definition) is 0. The molecule has 1 aliphatic heterocycles. The fourth-order valence-electron chi connectivity index (χ4n) is 3.46. The lowest BCUT2D eigenvalue weighted by atomic mass is 9.98. The van der Waals surface area contributed by atoms with Crippen molar-refractivity contribution in [2.75, 3.05) is 13.1 Å². The van der Waals surface area contributed by atoms with Crippen molar-refractivity contribution in [3.63, 3.8) is 0 Å². The van der Waals surface area contributed by atoms with E-state index in [-0.39, 0.29) is 36.5 Å². The quantitative estimate of drug-likeness (QED) is 0.532. The van der Waals surface area contributed by atoms with Gasteiger partial charge in [0.25, 0.3) is 0 Å². The van der Waals surface area contributed by atoms with Gasteiger partial charge in [-0.3, -0.25) is 9.78 Å². The Balaban J connectivity index is 1.43. The largest absolute Gasteiger partial charge is 0.459 e. The van der Waals surface area contributed by atoms with Crippen LogP contribution in [-0.2, 0) is 26.2 Å². The second-order valence-corrected chi connectivity index (χ2v) is 10.4. The number of fused-ring (bicyclic) bond motifs is 1. The summed E-state index contributed by atoms with van der Waals surface area (Å²) < 4.78 is 37.2. The van der Waals surface area contributed by atoms with Gasteiger partial charge in [-0.25, -0.2) is 8.42 Å². The molecule has 0 bridgehead atoms. The Hall–Kier alpha value is -2.14. The average Bonchev–Trinajstić information content (AvgIpc) is 3.16. The van der Waals surface area contributed by atoms with Crippen LogP contribution in [0, 0.1) is 12.8 Å². The summed E-state index contributed by atoms with van der Waals surface area (Å²) in [5.41, 5.74) is 1.85. The maximum absolute atomic E-state index is 13.2. The first-order valence-electron chi connectivity index (χ1n) is 9.35. The normalized spacial score (nSPS) is 16.1. The number of sulfonamides is 1. The maximum Gasteiger partial charge on any atom is 0.309 e. The van der Waals surface area contributed by atoms with E-state index in [4.69, 9.17) is 16.3 Å². The summed E-state index contributed by atoms with van der Waals surface area (Å²) in [6.45, 7) is 2.36. The summed E-state index contributed by atoms with van der Waals surface area (Å²) in [4.78, 5) is 16.9. The molecule has 0 atom stereocenters. The number of rotatable bonds is 5. The fraction of sp³-hybridized carbons (Fsp3) is 0.368. The maximum atomic E-state index is 13.2. The Morgan fingerprint density at radius 2 is 2.10 bits per heavy atom. The number of benzene rings is 1. The van der Waals surface area contributed by atoms with Gasteiger partial charge < -0.3 is 4.74 Å². The summed E-state index contributed by atoms with van der Waals surface area (Å²) in [5, 5.41) is 4.59. The lowest BCUT2D eigenvalue weighted by molar-refractivity contribution is -0.151. The van der Waals surface area contributed by atoms with Crippen LogP contribution in [-0.4, -0.2) is 46.4 Å². The molecule has 8 nitrogen and oxygen atoms in total. The zero-order chi connectivity index (χ0) is 21.3. The van der Waals surface area contributed by atoms with E-state index in [9.17, 15) is 13.2 Å². The number of nitrogens with zero attached hydrogens (tertiary/aromatic N) is 4. The minimum Gasteiger partial charge on any atom is -0.459 e. The van der Waals surface area contributed by atoms with Crippen molar-refractivity contribution in [1.82, 2.24) is 18.9 Å². The number of halogens is 1. The van der Waals surface area contributed by atoms with E-state index < -0.39 is 10.0 Å². The number of esters is 1. The van der Waals surface area contributed by atoms with Gasteiger partial charge in [-0.15, -0.1) is 5.10 Å². The minimum atomic E-state index is -3.72. The van der Waals surface area contributed by atoms with E-state index in [0.29, 0.717) is 28.4 Å². The molecule has 1 aliphatic rings. The third-order valence-corrected chi connectivity index (χ3v) is 7.99. The predicted octanol–water partition coefficient (Wildman–Crippen LogP) is 3.19. The lowest BCUT2D eigenvalue weighted by Gasteiger charge is -2.30. The van der Waals surface area contributed by atoms with Crippen LogP contribution in [0.4, 0.5) is 0 Å². The first-order chi connectivity index (χ1) is 14.4. The Morgan fingerprint density at radius 3 is 2.80 bits per heavy atom. The molecular weight excluding hydrogens is 448 g/mol. The van der Waals surface area contributed by atoms with Crippen LogP contribution in [0.2, 0.25) is 4.34 Å². The molecule has 0 unspecified atom stereocenters. The lowest BCUT2D eigenvalue weighted by Crippen LogP contribution is -2.40. The first kappa shape index (κ1) is 21.1. The van der Waals surface area contributed by atoms with Gasteiger partial charge in [-0.1, -0.05) is 28.2 Å². The predicted molar refractivity (Wildman–Crippen MR) is 113 cm³/mol. The van der Waals surface area contributed by atoms with Crippen LogP contribution >= 0.6 is 23.1 Å². The molecule has 0 N–H and O–H groups in total.